The second-order valence-electron chi connectivity index (χ2n) is 31.0. The molecule has 139 heavy (non-hydrogen) atoms. The molecule has 0 fully saturated rings. The lowest BCUT2D eigenvalue weighted by Crippen LogP contribution is -2.23. The van der Waals surface area contributed by atoms with Crippen molar-refractivity contribution in [2.45, 2.75) is 107 Å². The third-order valence-electron chi connectivity index (χ3n) is 19.4. The van der Waals surface area contributed by atoms with E-state index in [2.05, 4.69) is 254 Å². The number of nitrogen functional groups attached to an aromatic ring is 5. The lowest BCUT2D eigenvalue weighted by molar-refractivity contribution is 0.759. The van der Waals surface area contributed by atoms with E-state index >= 15 is 0 Å². The van der Waals surface area contributed by atoms with Gasteiger partial charge in [-0.25, -0.2) is 0 Å². The molecule has 16 aromatic rings. The lowest BCUT2D eigenvalue weighted by atomic mass is 10.1. The molecule has 0 aliphatic carbocycles. The SMILES string of the molecule is CNc1nc(C)nc(NCCc2ccccc2)n1.CNc1nc(C)nc(NCc2ccccc2)n1.CNc1nc(C)nc(Nc2ccccc2)n1.Cc1nc(N)nc(N(C)CCCc2ccccc2)n1.Cc1nc(N)nc(N(C)CCc2ccccc2)n1.Cc1nc(N)nc(N(C)Cc2ccccc2)n1.Cc1nc(N)nc(N(C)c2ccccc2)n1.Cc1nc(N)nc(NCCCc2ccccc2)n1. The predicted octanol–water partition coefficient (Wildman–Crippen LogP) is 13.7. The molecule has 17 N–H and O–H groups in total. The highest BCUT2D eigenvalue weighted by molar-refractivity contribution is 5.57. The van der Waals surface area contributed by atoms with Crippen molar-refractivity contribution in [1.82, 2.24) is 120 Å². The molecule has 40 nitrogen and oxygen atoms in total. The number of hydrogen-bond donors (Lipinski definition) is 12. The minimum atomic E-state index is 0.241. The number of aryl methyl sites for hydroxylation is 10. The Hall–Kier alpha value is -17.4. The van der Waals surface area contributed by atoms with E-state index in [1.807, 2.05) is 228 Å². The van der Waals surface area contributed by atoms with Crippen molar-refractivity contribution in [3.05, 3.63) is 323 Å². The number of nitrogens with zero attached hydrogens (tertiary/aromatic N) is 28. The van der Waals surface area contributed by atoms with E-state index in [4.69, 9.17) is 28.7 Å². The van der Waals surface area contributed by atoms with Crippen LogP contribution < -0.4 is 85.5 Å². The highest BCUT2D eigenvalue weighted by Crippen LogP contribution is 2.22. The largest absolute Gasteiger partial charge is 0.368 e. The highest BCUT2D eigenvalue weighted by Gasteiger charge is 2.14. The van der Waals surface area contributed by atoms with Crippen LogP contribution in [0.1, 0.15) is 92.8 Å². The van der Waals surface area contributed by atoms with E-state index in [0.717, 1.165) is 82.6 Å². The Balaban J connectivity index is 0.000000178. The van der Waals surface area contributed by atoms with E-state index in [9.17, 15) is 0 Å². The molecule has 0 bridgehead atoms. The van der Waals surface area contributed by atoms with E-state index < -0.39 is 0 Å². The van der Waals surface area contributed by atoms with Gasteiger partial charge in [-0.2, -0.15) is 120 Å². The molecule has 40 heteroatoms. The van der Waals surface area contributed by atoms with Crippen LogP contribution in [0, 0.1) is 55.4 Å². The zero-order valence-corrected chi connectivity index (χ0v) is 81.5. The topological polar surface area (TPSA) is 537 Å². The van der Waals surface area contributed by atoms with Gasteiger partial charge in [0.15, 0.2) is 0 Å². The number of para-hydroxylation sites is 2. The predicted molar refractivity (Wildman–Crippen MR) is 557 cm³/mol. The van der Waals surface area contributed by atoms with Gasteiger partial charge in [0.2, 0.25) is 95.2 Å². The molecule has 16 rings (SSSR count). The Morgan fingerprint density at radius 1 is 0.237 bits per heavy atom. The summed E-state index contributed by atoms with van der Waals surface area (Å²) in [7, 11) is 13.1. The van der Waals surface area contributed by atoms with E-state index in [1.165, 1.54) is 33.4 Å². The molecule has 722 valence electrons. The van der Waals surface area contributed by atoms with E-state index in [0.29, 0.717) is 119 Å². The lowest BCUT2D eigenvalue weighted by Gasteiger charge is -2.17. The third-order valence-corrected chi connectivity index (χ3v) is 19.4. The van der Waals surface area contributed by atoms with Crippen LogP contribution in [0.25, 0.3) is 0 Å². The number of anilines is 18. The normalized spacial score (nSPS) is 10.2. The molecule has 0 aliphatic heterocycles. The van der Waals surface area contributed by atoms with Crippen LogP contribution in [0.15, 0.2) is 243 Å². The van der Waals surface area contributed by atoms with Gasteiger partial charge < -0.3 is 85.5 Å². The number of aromatic nitrogens is 24. The van der Waals surface area contributed by atoms with Gasteiger partial charge in [0, 0.05) is 100.0 Å². The first-order chi connectivity index (χ1) is 67.2. The smallest absolute Gasteiger partial charge is 0.234 e. The first kappa shape index (κ1) is 105. The number of benzene rings is 8. The maximum atomic E-state index is 5.63. The molecule has 8 aromatic heterocycles. The Labute approximate surface area is 812 Å². The average Bonchev–Trinajstić information content (AvgIpc) is 0.881. The molecule has 8 aromatic carbocycles. The van der Waals surface area contributed by atoms with Crippen LogP contribution in [0.5, 0.6) is 0 Å². The van der Waals surface area contributed by atoms with Crippen LogP contribution in [0.4, 0.5) is 107 Å². The maximum Gasteiger partial charge on any atom is 0.234 e. The quantitative estimate of drug-likeness (QED) is 0.0180. The van der Waals surface area contributed by atoms with Gasteiger partial charge in [0.05, 0.1) is 0 Å². The minimum Gasteiger partial charge on any atom is -0.368 e. The second-order valence-corrected chi connectivity index (χ2v) is 31.0. The Morgan fingerprint density at radius 3 is 0.950 bits per heavy atom. The average molecular weight is 1880 g/mol. The van der Waals surface area contributed by atoms with Crippen molar-refractivity contribution in [1.29, 1.82) is 0 Å². The zero-order valence-electron chi connectivity index (χ0n) is 81.5. The summed E-state index contributed by atoms with van der Waals surface area (Å²) >= 11 is 0. The molecular weight excluding hydrogens is 1750 g/mol. The van der Waals surface area contributed by atoms with Crippen molar-refractivity contribution in [2.75, 3.05) is 161 Å². The number of rotatable bonds is 31. The van der Waals surface area contributed by atoms with Crippen LogP contribution in [0.3, 0.4) is 0 Å². The fourth-order valence-electron chi connectivity index (χ4n) is 12.7. The van der Waals surface area contributed by atoms with Gasteiger partial charge >= 0.3 is 0 Å². The number of nitrogens with two attached hydrogens (primary N) is 5. The van der Waals surface area contributed by atoms with Crippen molar-refractivity contribution in [3.8, 4) is 0 Å². The molecule has 0 amide bonds. The van der Waals surface area contributed by atoms with Crippen LogP contribution in [-0.2, 0) is 38.8 Å². The van der Waals surface area contributed by atoms with Gasteiger partial charge in [-0.15, -0.1) is 0 Å². The highest BCUT2D eigenvalue weighted by atomic mass is 15.3. The fourth-order valence-corrected chi connectivity index (χ4v) is 12.7. The molecule has 0 saturated carbocycles. The molecule has 8 heterocycles. The van der Waals surface area contributed by atoms with Crippen LogP contribution >= 0.6 is 0 Å². The minimum absolute atomic E-state index is 0.241. The summed E-state index contributed by atoms with van der Waals surface area (Å²) in [6.07, 6.45) is 6.04. The van der Waals surface area contributed by atoms with Gasteiger partial charge in [0.1, 0.15) is 46.6 Å². The molecule has 0 aliphatic rings. The van der Waals surface area contributed by atoms with Gasteiger partial charge in [0.25, 0.3) is 0 Å². The Kier molecular flexibility index (Phi) is 43.4. The van der Waals surface area contributed by atoms with E-state index in [-0.39, 0.29) is 29.7 Å². The first-order valence-electron chi connectivity index (χ1n) is 45.0. The molecular formula is C99H126N40. The molecule has 0 atom stereocenters. The van der Waals surface area contributed by atoms with Gasteiger partial charge in [-0.1, -0.05) is 218 Å². The molecule has 0 spiro atoms. The molecule has 0 unspecified atom stereocenters. The van der Waals surface area contributed by atoms with Crippen molar-refractivity contribution in [3.63, 3.8) is 0 Å². The maximum absolute atomic E-state index is 5.63. The molecule has 0 radical (unpaired) electrons. The monoisotopic (exact) mass is 1880 g/mol. The summed E-state index contributed by atoms with van der Waals surface area (Å²) < 4.78 is 0. The number of hydrogen-bond acceptors (Lipinski definition) is 40. The second kappa shape index (κ2) is 57.3. The van der Waals surface area contributed by atoms with Crippen LogP contribution in [0.2, 0.25) is 0 Å². The Bertz CT molecular complexity index is 6140. The standard InChI is InChI=1S/C14H19N5.3C13H17N5.2C12H15N5.2C11H13N5/c1-11-16-13(15)18-14(17-11)19(2)10-6-9-12-7-4-3-5-8-12;1-10-15-12(14)17-13(16-10)18(2)9-8-11-6-4-3-5-7-11;1-10-16-12(14-2)18-13(17-10)15-9-8-11-6-4-3-5-7-11;1-10-16-12(14)18-13(17-10)15-9-5-8-11-6-3-2-4-7-11;1-9-14-11(13)16-12(15-9)17(2)8-10-6-4-3-5-7-10;1-9-15-11(13-2)17-12(16-9)14-8-10-6-4-3-5-7-10;1-8-13-10(12)15-11(14-8)16(2)9-6-4-3-5-7-9;1-8-13-10(12-2)16-11(14-8)15-9-6-4-3-5-7-9/h3-5,7-8H,6,9-10H2,1-2H3,(H2,15,16,17,18);3-7H,8-9H2,1-2H3,(H2,14,15,16,17);3-7H,8-9H2,1-2H3,(H2,14,15,16,17,18);2-4,6-7H,5,8-9H2,1H3,(H3,14,15,16,17,18);3-7H,8H2,1-2H3,(H2,13,14,15,16);3-7H,8H2,1-2H3,(H2,13,14,15,16,17);3-7H,1-2H3,(H2,12,13,14,15);3-7H,1-2H3,(H2,12,13,14,15,16). The van der Waals surface area contributed by atoms with Crippen molar-refractivity contribution >= 4 is 107 Å². The van der Waals surface area contributed by atoms with Crippen LogP contribution in [-0.4, -0.2) is 195 Å². The van der Waals surface area contributed by atoms with Gasteiger partial charge in [-0.05, 0) is 152 Å². The first-order valence-corrected chi connectivity index (χ1v) is 45.0. The Morgan fingerprint density at radius 2 is 0.532 bits per heavy atom. The fraction of sp³-hybridized carbons (Fsp3) is 0.273. The summed E-state index contributed by atoms with van der Waals surface area (Å²) in [5, 5.41) is 21.4. The summed E-state index contributed by atoms with van der Waals surface area (Å²) in [6, 6.07) is 81.4. The number of likely N-dealkylation sites (N-methyl/N-ethyl adjacent to an activating group) is 1. The van der Waals surface area contributed by atoms with Gasteiger partial charge in [-0.3, -0.25) is 0 Å². The van der Waals surface area contributed by atoms with E-state index in [1.54, 1.807) is 41.9 Å². The number of nitrogens with one attached hydrogen (secondary N) is 7. The summed E-state index contributed by atoms with van der Waals surface area (Å²) in [4.78, 5) is 107. The summed E-state index contributed by atoms with van der Waals surface area (Å²) in [5.74, 6) is 13.0. The summed E-state index contributed by atoms with van der Waals surface area (Å²) in [5.41, 5.74) is 37.6. The zero-order chi connectivity index (χ0) is 99.5. The summed E-state index contributed by atoms with van der Waals surface area (Å²) in [6.45, 7) is 19.3. The molecule has 0 saturated heterocycles. The van der Waals surface area contributed by atoms with Crippen molar-refractivity contribution in [2.24, 2.45) is 0 Å². The van der Waals surface area contributed by atoms with Crippen molar-refractivity contribution < 1.29 is 0 Å². The third kappa shape index (κ3) is 40.2.